The van der Waals surface area contributed by atoms with Crippen molar-refractivity contribution in [3.8, 4) is 0 Å². The summed E-state index contributed by atoms with van der Waals surface area (Å²) in [5, 5.41) is 7.91. The van der Waals surface area contributed by atoms with Gasteiger partial charge in [-0.05, 0) is 51.7 Å². The number of ketones is 1. The first-order chi connectivity index (χ1) is 12.8. The number of H-pyrrole nitrogens is 1. The molecule has 0 saturated carbocycles. The number of piperidine rings is 2. The van der Waals surface area contributed by atoms with Crippen molar-refractivity contribution in [1.29, 1.82) is 0 Å². The van der Waals surface area contributed by atoms with Crippen LogP contribution in [0.4, 0.5) is 5.82 Å². The highest BCUT2D eigenvalue weighted by Gasteiger charge is 2.26. The first kappa shape index (κ1) is 17.4. The molecule has 4 heterocycles. The molecule has 4 rings (SSSR count). The third-order valence-corrected chi connectivity index (χ3v) is 5.82. The topological polar surface area (TPSA) is 78.0 Å². The minimum Gasteiger partial charge on any atom is -0.356 e. The second kappa shape index (κ2) is 8.12. The summed E-state index contributed by atoms with van der Waals surface area (Å²) in [7, 11) is 0. The minimum atomic E-state index is 0.217. The molecule has 0 aromatic carbocycles. The van der Waals surface area contributed by atoms with Gasteiger partial charge in [-0.3, -0.25) is 9.89 Å². The molecule has 0 bridgehead atoms. The van der Waals surface area contributed by atoms with Crippen LogP contribution in [-0.2, 0) is 4.79 Å². The summed E-state index contributed by atoms with van der Waals surface area (Å²) in [6.07, 6.45) is 11.0. The van der Waals surface area contributed by atoms with Crippen molar-refractivity contribution in [3.05, 3.63) is 12.5 Å². The number of rotatable bonds is 6. The van der Waals surface area contributed by atoms with E-state index < -0.39 is 0 Å². The third-order valence-electron chi connectivity index (χ3n) is 5.82. The lowest BCUT2D eigenvalue weighted by Crippen LogP contribution is -2.37. The average molecular weight is 356 g/mol. The van der Waals surface area contributed by atoms with Gasteiger partial charge >= 0.3 is 0 Å². The normalized spacial score (nSPS) is 19.9. The quantitative estimate of drug-likeness (QED) is 0.856. The number of nitrogens with one attached hydrogen (secondary N) is 1. The van der Waals surface area contributed by atoms with E-state index in [4.69, 9.17) is 0 Å². The molecule has 2 aromatic heterocycles. The Kier molecular flexibility index (Phi) is 5.43. The summed E-state index contributed by atoms with van der Waals surface area (Å²) < 4.78 is 0. The van der Waals surface area contributed by atoms with Crippen LogP contribution in [0.3, 0.4) is 0 Å². The number of hydrogen-bond donors (Lipinski definition) is 1. The summed E-state index contributed by atoms with van der Waals surface area (Å²) in [6.45, 7) is 5.27. The maximum absolute atomic E-state index is 12.6. The standard InChI is InChI=1S/C19H28N6O/c26-17(5-4-10-24-8-2-1-3-9-24)15-6-11-25(12-7-15)19-16-13-22-23-18(16)20-14-21-19/h13-15H,1-12H2,(H,20,21,22,23). The Morgan fingerprint density at radius 2 is 1.92 bits per heavy atom. The van der Waals surface area contributed by atoms with E-state index in [0.29, 0.717) is 5.78 Å². The van der Waals surface area contributed by atoms with Crippen LogP contribution in [0.2, 0.25) is 0 Å². The second-order valence-corrected chi connectivity index (χ2v) is 7.56. The number of anilines is 1. The zero-order chi connectivity index (χ0) is 17.8. The molecule has 2 aromatic rings. The Balaban J connectivity index is 1.25. The van der Waals surface area contributed by atoms with Gasteiger partial charge in [-0.15, -0.1) is 0 Å². The van der Waals surface area contributed by atoms with E-state index in [1.165, 1.54) is 32.4 Å². The monoisotopic (exact) mass is 356 g/mol. The maximum Gasteiger partial charge on any atom is 0.160 e. The van der Waals surface area contributed by atoms with Gasteiger partial charge in [-0.1, -0.05) is 6.42 Å². The van der Waals surface area contributed by atoms with Crippen LogP contribution >= 0.6 is 0 Å². The molecule has 1 N–H and O–H groups in total. The fourth-order valence-electron chi connectivity index (χ4n) is 4.28. The molecule has 0 aliphatic carbocycles. The van der Waals surface area contributed by atoms with E-state index in [0.717, 1.165) is 62.2 Å². The van der Waals surface area contributed by atoms with Crippen LogP contribution in [0.5, 0.6) is 0 Å². The molecule has 0 spiro atoms. The van der Waals surface area contributed by atoms with Crippen molar-refractivity contribution in [2.45, 2.75) is 44.9 Å². The number of fused-ring (bicyclic) bond motifs is 1. The first-order valence-electron chi connectivity index (χ1n) is 9.95. The highest BCUT2D eigenvalue weighted by molar-refractivity contribution is 5.86. The Hall–Kier alpha value is -2.02. The van der Waals surface area contributed by atoms with Crippen molar-refractivity contribution in [2.75, 3.05) is 37.6 Å². The Labute approximate surface area is 154 Å². The van der Waals surface area contributed by atoms with Gasteiger partial charge in [0.1, 0.15) is 17.9 Å². The number of aromatic nitrogens is 4. The van der Waals surface area contributed by atoms with Crippen molar-refractivity contribution in [1.82, 2.24) is 25.1 Å². The highest BCUT2D eigenvalue weighted by atomic mass is 16.1. The molecular weight excluding hydrogens is 328 g/mol. The first-order valence-corrected chi connectivity index (χ1v) is 9.95. The number of likely N-dealkylation sites (tertiary alicyclic amines) is 1. The Morgan fingerprint density at radius 3 is 2.73 bits per heavy atom. The van der Waals surface area contributed by atoms with Gasteiger partial charge in [0, 0.05) is 25.4 Å². The molecule has 2 fully saturated rings. The van der Waals surface area contributed by atoms with Crippen molar-refractivity contribution < 1.29 is 4.79 Å². The van der Waals surface area contributed by atoms with Crippen LogP contribution in [-0.4, -0.2) is 63.6 Å². The van der Waals surface area contributed by atoms with Gasteiger partial charge in [-0.2, -0.15) is 5.10 Å². The number of hydrogen-bond acceptors (Lipinski definition) is 6. The molecule has 140 valence electrons. The summed E-state index contributed by atoms with van der Waals surface area (Å²) in [5.41, 5.74) is 0.769. The van der Waals surface area contributed by atoms with E-state index in [9.17, 15) is 4.79 Å². The molecule has 0 amide bonds. The summed E-state index contributed by atoms with van der Waals surface area (Å²) in [6, 6.07) is 0. The van der Waals surface area contributed by atoms with Gasteiger partial charge in [0.05, 0.1) is 11.6 Å². The number of Topliss-reactive ketones (excluding diaryl/α,β-unsaturated/α-hetero) is 1. The number of nitrogens with zero attached hydrogens (tertiary/aromatic N) is 5. The zero-order valence-corrected chi connectivity index (χ0v) is 15.4. The van der Waals surface area contributed by atoms with Crippen LogP contribution < -0.4 is 4.90 Å². The molecule has 2 aliphatic rings. The lowest BCUT2D eigenvalue weighted by molar-refractivity contribution is -0.123. The molecule has 2 saturated heterocycles. The van der Waals surface area contributed by atoms with Gasteiger partial charge < -0.3 is 9.80 Å². The number of aromatic amines is 1. The lowest BCUT2D eigenvalue weighted by Gasteiger charge is -2.32. The molecule has 0 radical (unpaired) electrons. The molecule has 0 atom stereocenters. The van der Waals surface area contributed by atoms with E-state index in [2.05, 4.69) is 30.0 Å². The molecule has 7 heteroatoms. The average Bonchev–Trinajstić information content (AvgIpc) is 3.18. The van der Waals surface area contributed by atoms with Crippen molar-refractivity contribution >= 4 is 22.6 Å². The molecule has 26 heavy (non-hydrogen) atoms. The maximum atomic E-state index is 12.6. The van der Waals surface area contributed by atoms with Crippen molar-refractivity contribution in [2.24, 2.45) is 5.92 Å². The molecule has 0 unspecified atom stereocenters. The largest absolute Gasteiger partial charge is 0.356 e. The number of carbonyl (C=O) groups is 1. The Bertz CT molecular complexity index is 730. The van der Waals surface area contributed by atoms with Gasteiger partial charge in [0.2, 0.25) is 0 Å². The van der Waals surface area contributed by atoms with E-state index in [1.54, 1.807) is 12.5 Å². The van der Waals surface area contributed by atoms with Crippen LogP contribution in [0.15, 0.2) is 12.5 Å². The van der Waals surface area contributed by atoms with Gasteiger partial charge in [-0.25, -0.2) is 9.97 Å². The van der Waals surface area contributed by atoms with Crippen LogP contribution in [0.1, 0.15) is 44.9 Å². The minimum absolute atomic E-state index is 0.217. The van der Waals surface area contributed by atoms with E-state index >= 15 is 0 Å². The van der Waals surface area contributed by atoms with Gasteiger partial charge in [0.15, 0.2) is 5.65 Å². The summed E-state index contributed by atoms with van der Waals surface area (Å²) in [5.74, 6) is 1.60. The number of carbonyl (C=O) groups excluding carboxylic acids is 1. The van der Waals surface area contributed by atoms with Crippen molar-refractivity contribution in [3.63, 3.8) is 0 Å². The highest BCUT2D eigenvalue weighted by Crippen LogP contribution is 2.27. The fraction of sp³-hybridized carbons (Fsp3) is 0.684. The smallest absolute Gasteiger partial charge is 0.160 e. The van der Waals surface area contributed by atoms with Crippen LogP contribution in [0.25, 0.3) is 11.0 Å². The van der Waals surface area contributed by atoms with E-state index in [-0.39, 0.29) is 5.92 Å². The lowest BCUT2D eigenvalue weighted by atomic mass is 9.90. The fourth-order valence-corrected chi connectivity index (χ4v) is 4.28. The Morgan fingerprint density at radius 1 is 1.12 bits per heavy atom. The molecular formula is C19H28N6O. The summed E-state index contributed by atoms with van der Waals surface area (Å²) >= 11 is 0. The third kappa shape index (κ3) is 3.87. The predicted octanol–water partition coefficient (Wildman–Crippen LogP) is 2.40. The summed E-state index contributed by atoms with van der Waals surface area (Å²) in [4.78, 5) is 26.0. The van der Waals surface area contributed by atoms with Gasteiger partial charge in [0.25, 0.3) is 0 Å². The van der Waals surface area contributed by atoms with Crippen LogP contribution in [0, 0.1) is 5.92 Å². The zero-order valence-electron chi connectivity index (χ0n) is 15.4. The SMILES string of the molecule is O=C(CCCN1CCCCC1)C1CCN(c2ncnc3[nH]ncc23)CC1. The predicted molar refractivity (Wildman–Crippen MR) is 101 cm³/mol. The molecule has 7 nitrogen and oxygen atoms in total. The second-order valence-electron chi connectivity index (χ2n) is 7.56. The van der Waals surface area contributed by atoms with E-state index in [1.807, 2.05) is 0 Å². The molecule has 2 aliphatic heterocycles.